The van der Waals surface area contributed by atoms with Crippen molar-refractivity contribution in [3.63, 3.8) is 0 Å². The molecule has 0 atom stereocenters. The van der Waals surface area contributed by atoms with Gasteiger partial charge in [-0.3, -0.25) is 14.6 Å². The Morgan fingerprint density at radius 1 is 0.821 bits per heavy atom. The molecule has 0 bridgehead atoms. The maximum absolute atomic E-state index is 14.4. The Morgan fingerprint density at radius 3 is 1.97 bits per heavy atom. The fraction of sp³-hybridized carbons (Fsp3) is 0.192. The van der Waals surface area contributed by atoms with E-state index < -0.39 is 51.6 Å². The van der Waals surface area contributed by atoms with Gasteiger partial charge in [0.05, 0.1) is 23.5 Å². The highest BCUT2D eigenvalue weighted by molar-refractivity contribution is 5.72. The van der Waals surface area contributed by atoms with Crippen LogP contribution in [0, 0.1) is 36.0 Å². The van der Waals surface area contributed by atoms with Crippen molar-refractivity contribution in [1.82, 2.24) is 9.78 Å². The minimum atomic E-state index is -2.32. The van der Waals surface area contributed by atoms with E-state index in [0.717, 1.165) is 16.7 Å². The Morgan fingerprint density at radius 2 is 1.38 bits per heavy atom. The van der Waals surface area contributed by atoms with Crippen molar-refractivity contribution in [2.24, 2.45) is 27.5 Å². The molecule has 0 radical (unpaired) electrons. The van der Waals surface area contributed by atoms with E-state index in [1.54, 1.807) is 18.2 Å². The van der Waals surface area contributed by atoms with Crippen LogP contribution in [0.3, 0.4) is 0 Å². The number of nitrogens with zero attached hydrogens (tertiary/aromatic N) is 5. The van der Waals surface area contributed by atoms with Crippen LogP contribution in [-0.4, -0.2) is 16.4 Å². The first kappa shape index (κ1) is 27.4. The van der Waals surface area contributed by atoms with Crippen molar-refractivity contribution in [2.75, 3.05) is 6.61 Å². The topological polar surface area (TPSA) is 96.5 Å². The number of benzene rings is 3. The number of aryl methyl sites for hydroxylation is 2. The van der Waals surface area contributed by atoms with Crippen LogP contribution in [0.1, 0.15) is 18.9 Å². The van der Waals surface area contributed by atoms with Crippen molar-refractivity contribution >= 4 is 22.7 Å². The van der Waals surface area contributed by atoms with Gasteiger partial charge in [0, 0.05) is 7.05 Å². The van der Waals surface area contributed by atoms with Crippen molar-refractivity contribution in [1.29, 1.82) is 0 Å². The summed E-state index contributed by atoms with van der Waals surface area (Å²) in [5, 5.41) is 18.3. The van der Waals surface area contributed by atoms with Crippen LogP contribution in [-0.2, 0) is 7.05 Å². The van der Waals surface area contributed by atoms with Gasteiger partial charge in [-0.05, 0) is 55.3 Å². The van der Waals surface area contributed by atoms with Crippen LogP contribution in [0.5, 0.6) is 5.75 Å². The quantitative estimate of drug-likeness (QED) is 0.105. The molecular weight excluding hydrogens is 523 g/mol. The molecule has 8 nitrogen and oxygen atoms in total. The minimum Gasteiger partial charge on any atom is -0.491 e. The number of H-pyrrole nitrogens is 1. The fourth-order valence-electron chi connectivity index (χ4n) is 3.47. The number of nitrogens with one attached hydrogen (secondary N) is 1. The zero-order chi connectivity index (χ0) is 28.3. The molecule has 1 aromatic heterocycles. The first-order valence-electron chi connectivity index (χ1n) is 11.6. The molecule has 0 fully saturated rings. The van der Waals surface area contributed by atoms with E-state index in [1.165, 1.54) is 19.2 Å². The molecule has 0 aliphatic rings. The van der Waals surface area contributed by atoms with E-state index >= 15 is 0 Å². The zero-order valence-corrected chi connectivity index (χ0v) is 20.9. The van der Waals surface area contributed by atoms with Gasteiger partial charge in [0.25, 0.3) is 5.56 Å². The van der Waals surface area contributed by atoms with Crippen LogP contribution >= 0.6 is 0 Å². The van der Waals surface area contributed by atoms with E-state index in [2.05, 4.69) is 25.6 Å². The Bertz CT molecular complexity index is 1620. The molecule has 1 N–H and O–H groups in total. The lowest BCUT2D eigenvalue weighted by Gasteiger charge is -2.08. The maximum Gasteiger partial charge on any atom is 0.294 e. The lowest BCUT2D eigenvalue weighted by molar-refractivity contribution is 0.318. The molecule has 0 unspecified atom stereocenters. The summed E-state index contributed by atoms with van der Waals surface area (Å²) in [6.07, 6.45) is 0.832. The van der Waals surface area contributed by atoms with Crippen LogP contribution < -0.4 is 10.3 Å². The molecule has 4 aromatic rings. The smallest absolute Gasteiger partial charge is 0.294 e. The predicted octanol–water partition coefficient (Wildman–Crippen LogP) is 8.00. The molecule has 1 heterocycles. The van der Waals surface area contributed by atoms with E-state index in [4.69, 9.17) is 4.74 Å². The van der Waals surface area contributed by atoms with Gasteiger partial charge in [-0.25, -0.2) is 22.0 Å². The standard InChI is InChI=1S/C26H21F5N6O2/c1-4-11-39-17-12-13(2)5-10-16(17)34-32-14-6-8-15(9-7-14)33-35-25-24(36-37(3)26(25)38)18-19(27)21(29)23(31)22(30)20(18)28/h5-10,12,36H,4,11H2,1-3H3. The number of aromatic amines is 1. The van der Waals surface area contributed by atoms with Crippen molar-refractivity contribution in [2.45, 2.75) is 20.3 Å². The largest absolute Gasteiger partial charge is 0.491 e. The molecule has 13 heteroatoms. The summed E-state index contributed by atoms with van der Waals surface area (Å²) in [5.41, 5.74) is -1.38. The SMILES string of the molecule is CCCOc1cc(C)ccc1N=Nc1ccc(N=Nc2c(-c3c(F)c(F)c(F)c(F)c3F)[nH]n(C)c2=O)cc1. The monoisotopic (exact) mass is 544 g/mol. The van der Waals surface area contributed by atoms with E-state index in [-0.39, 0.29) is 5.69 Å². The summed E-state index contributed by atoms with van der Waals surface area (Å²) >= 11 is 0. The van der Waals surface area contributed by atoms with Gasteiger partial charge < -0.3 is 4.74 Å². The zero-order valence-electron chi connectivity index (χ0n) is 20.9. The third-order valence-electron chi connectivity index (χ3n) is 5.45. The van der Waals surface area contributed by atoms with Gasteiger partial charge in [-0.1, -0.05) is 13.0 Å². The van der Waals surface area contributed by atoms with Gasteiger partial charge in [0.15, 0.2) is 29.0 Å². The molecule has 0 aliphatic carbocycles. The fourth-order valence-corrected chi connectivity index (χ4v) is 3.47. The number of halogens is 5. The number of rotatable bonds is 8. The van der Waals surface area contributed by atoms with E-state index in [9.17, 15) is 26.7 Å². The minimum absolute atomic E-state index is 0.211. The summed E-state index contributed by atoms with van der Waals surface area (Å²) in [6.45, 7) is 4.45. The summed E-state index contributed by atoms with van der Waals surface area (Å²) in [7, 11) is 1.18. The van der Waals surface area contributed by atoms with Crippen molar-refractivity contribution in [3.8, 4) is 17.0 Å². The molecule has 0 amide bonds. The second-order valence-corrected chi connectivity index (χ2v) is 8.38. The molecule has 202 valence electrons. The van der Waals surface area contributed by atoms with Gasteiger partial charge in [0.1, 0.15) is 17.1 Å². The van der Waals surface area contributed by atoms with E-state index in [1.807, 2.05) is 26.0 Å². The van der Waals surface area contributed by atoms with Gasteiger partial charge in [0.2, 0.25) is 5.82 Å². The number of aromatic nitrogens is 2. The molecule has 0 saturated heterocycles. The van der Waals surface area contributed by atoms with Crippen LogP contribution in [0.2, 0.25) is 0 Å². The molecule has 0 saturated carbocycles. The second-order valence-electron chi connectivity index (χ2n) is 8.38. The summed E-state index contributed by atoms with van der Waals surface area (Å²) in [4.78, 5) is 12.5. The van der Waals surface area contributed by atoms with Gasteiger partial charge >= 0.3 is 0 Å². The Labute approximate surface area is 218 Å². The lowest BCUT2D eigenvalue weighted by atomic mass is 10.1. The molecule has 39 heavy (non-hydrogen) atoms. The van der Waals surface area contributed by atoms with Crippen molar-refractivity contribution in [3.05, 3.63) is 87.5 Å². The van der Waals surface area contributed by atoms with Gasteiger partial charge in [-0.2, -0.15) is 10.2 Å². The average Bonchev–Trinajstić information content (AvgIpc) is 3.21. The van der Waals surface area contributed by atoms with E-state index in [0.29, 0.717) is 23.7 Å². The average molecular weight is 544 g/mol. The molecule has 0 spiro atoms. The summed E-state index contributed by atoms with van der Waals surface area (Å²) in [6, 6.07) is 11.6. The van der Waals surface area contributed by atoms with Gasteiger partial charge in [-0.15, -0.1) is 10.2 Å². The highest BCUT2D eigenvalue weighted by Crippen LogP contribution is 2.35. The second kappa shape index (κ2) is 11.4. The van der Waals surface area contributed by atoms with Crippen LogP contribution in [0.15, 0.2) is 67.7 Å². The summed E-state index contributed by atoms with van der Waals surface area (Å²) in [5.74, 6) is -10.3. The number of hydrogen-bond acceptors (Lipinski definition) is 6. The number of ether oxygens (including phenoxy) is 1. The Kier molecular flexibility index (Phi) is 7.98. The van der Waals surface area contributed by atoms with Crippen LogP contribution in [0.25, 0.3) is 11.3 Å². The van der Waals surface area contributed by atoms with Crippen LogP contribution in [0.4, 0.5) is 44.7 Å². The molecule has 3 aromatic carbocycles. The number of azo groups is 2. The highest BCUT2D eigenvalue weighted by atomic mass is 19.2. The third-order valence-corrected chi connectivity index (χ3v) is 5.45. The molecule has 0 aliphatic heterocycles. The summed E-state index contributed by atoms with van der Waals surface area (Å²) < 4.78 is 76.2. The first-order valence-corrected chi connectivity index (χ1v) is 11.6. The van der Waals surface area contributed by atoms with Crippen molar-refractivity contribution < 1.29 is 26.7 Å². The Balaban J connectivity index is 1.61. The normalized spacial score (nSPS) is 11.7. The first-order chi connectivity index (χ1) is 18.6. The maximum atomic E-state index is 14.4. The third kappa shape index (κ3) is 5.61. The molecule has 4 rings (SSSR count). The predicted molar refractivity (Wildman–Crippen MR) is 133 cm³/mol. The Hall–Kier alpha value is -4.68. The number of hydrogen-bond donors (Lipinski definition) is 1. The molecular formula is C26H21F5N6O2. The highest BCUT2D eigenvalue weighted by Gasteiger charge is 2.30. The lowest BCUT2D eigenvalue weighted by Crippen LogP contribution is -2.10.